The van der Waals surface area contributed by atoms with Crippen LogP contribution in [-0.2, 0) is 11.2 Å². The van der Waals surface area contributed by atoms with Crippen molar-refractivity contribution in [3.8, 4) is 11.5 Å². The van der Waals surface area contributed by atoms with Crippen LogP contribution in [0.25, 0.3) is 0 Å². The molecule has 0 aliphatic carbocycles. The van der Waals surface area contributed by atoms with Crippen LogP contribution in [0.15, 0.2) is 36.5 Å². The first kappa shape index (κ1) is 16.7. The van der Waals surface area contributed by atoms with E-state index >= 15 is 0 Å². The second-order valence-electron chi connectivity index (χ2n) is 6.03. The molecule has 0 atom stereocenters. The van der Waals surface area contributed by atoms with E-state index < -0.39 is 0 Å². The molecule has 0 saturated carbocycles. The smallest absolute Gasteiger partial charge is 0.274 e. The summed E-state index contributed by atoms with van der Waals surface area (Å²) >= 11 is 5.77. The minimum atomic E-state index is -0.259. The van der Waals surface area contributed by atoms with Gasteiger partial charge in [-0.25, -0.2) is 9.99 Å². The number of hydrazine groups is 1. The van der Waals surface area contributed by atoms with E-state index in [0.29, 0.717) is 35.3 Å². The minimum Gasteiger partial charge on any atom is -0.454 e. The SMILES string of the molecule is O=C(Cc1ccc2c(c1)OCO2)N1CCCN1C(=O)c1ccc(Cl)nc1. The van der Waals surface area contributed by atoms with Gasteiger partial charge in [0.2, 0.25) is 12.7 Å². The van der Waals surface area contributed by atoms with Crippen molar-refractivity contribution in [2.45, 2.75) is 12.8 Å². The number of fused-ring (bicyclic) bond motifs is 1. The second-order valence-corrected chi connectivity index (χ2v) is 6.42. The Bertz CT molecular complexity index is 856. The van der Waals surface area contributed by atoms with E-state index in [0.717, 1.165) is 12.0 Å². The average Bonchev–Trinajstić information content (AvgIpc) is 3.30. The van der Waals surface area contributed by atoms with E-state index in [9.17, 15) is 9.59 Å². The van der Waals surface area contributed by atoms with E-state index in [1.165, 1.54) is 16.2 Å². The van der Waals surface area contributed by atoms with Crippen molar-refractivity contribution in [2.75, 3.05) is 19.9 Å². The van der Waals surface area contributed by atoms with Gasteiger partial charge in [0.1, 0.15) is 5.15 Å². The maximum atomic E-state index is 12.7. The summed E-state index contributed by atoms with van der Waals surface area (Å²) < 4.78 is 10.6. The van der Waals surface area contributed by atoms with Gasteiger partial charge >= 0.3 is 0 Å². The third-order valence-electron chi connectivity index (χ3n) is 4.32. The van der Waals surface area contributed by atoms with E-state index in [1.54, 1.807) is 24.3 Å². The number of hydrogen-bond donors (Lipinski definition) is 0. The molecule has 0 unspecified atom stereocenters. The summed E-state index contributed by atoms with van der Waals surface area (Å²) in [5.41, 5.74) is 1.21. The number of benzene rings is 1. The maximum Gasteiger partial charge on any atom is 0.274 e. The van der Waals surface area contributed by atoms with Gasteiger partial charge < -0.3 is 9.47 Å². The Hall–Kier alpha value is -2.80. The van der Waals surface area contributed by atoms with E-state index in [-0.39, 0.29) is 25.0 Å². The fourth-order valence-corrected chi connectivity index (χ4v) is 3.16. The fourth-order valence-electron chi connectivity index (χ4n) is 3.05. The van der Waals surface area contributed by atoms with Crippen LogP contribution in [0, 0.1) is 0 Å². The molecule has 26 heavy (non-hydrogen) atoms. The highest BCUT2D eigenvalue weighted by Crippen LogP contribution is 2.32. The molecule has 2 aliphatic rings. The quantitative estimate of drug-likeness (QED) is 0.772. The van der Waals surface area contributed by atoms with Gasteiger partial charge in [-0.05, 0) is 36.2 Å². The molecule has 134 valence electrons. The Morgan fingerprint density at radius 1 is 1.08 bits per heavy atom. The molecule has 4 rings (SSSR count). The van der Waals surface area contributed by atoms with Crippen molar-refractivity contribution in [1.82, 2.24) is 15.0 Å². The largest absolute Gasteiger partial charge is 0.454 e. The standard InChI is InChI=1S/C18H16ClN3O4/c19-16-5-3-13(10-20-16)18(24)22-7-1-6-21(22)17(23)9-12-2-4-14-15(8-12)26-11-25-14/h2-5,8,10H,1,6-7,9,11H2. The molecule has 0 bridgehead atoms. The van der Waals surface area contributed by atoms with Crippen molar-refractivity contribution >= 4 is 23.4 Å². The predicted octanol–water partition coefficient (Wildman–Crippen LogP) is 2.30. The molecule has 1 aromatic heterocycles. The van der Waals surface area contributed by atoms with Crippen LogP contribution in [0.2, 0.25) is 5.15 Å². The number of amides is 2. The molecular formula is C18H16ClN3O4. The number of nitrogens with zero attached hydrogens (tertiary/aromatic N) is 3. The number of pyridine rings is 1. The first-order valence-corrected chi connectivity index (χ1v) is 8.62. The number of rotatable bonds is 3. The predicted molar refractivity (Wildman–Crippen MR) is 92.9 cm³/mol. The van der Waals surface area contributed by atoms with Crippen molar-refractivity contribution in [2.24, 2.45) is 0 Å². The number of carbonyl (C=O) groups excluding carboxylic acids is 2. The Balaban J connectivity index is 1.48. The van der Waals surface area contributed by atoms with Gasteiger partial charge in [0.15, 0.2) is 11.5 Å². The van der Waals surface area contributed by atoms with Crippen LogP contribution >= 0.6 is 11.6 Å². The van der Waals surface area contributed by atoms with Gasteiger partial charge in [-0.15, -0.1) is 0 Å². The lowest BCUT2D eigenvalue weighted by molar-refractivity contribution is -0.139. The molecule has 1 aromatic carbocycles. The molecule has 0 radical (unpaired) electrons. The molecule has 0 spiro atoms. The topological polar surface area (TPSA) is 72.0 Å². The highest BCUT2D eigenvalue weighted by Gasteiger charge is 2.31. The van der Waals surface area contributed by atoms with Crippen LogP contribution in [0.1, 0.15) is 22.3 Å². The molecule has 2 aromatic rings. The minimum absolute atomic E-state index is 0.142. The first-order chi connectivity index (χ1) is 12.6. The van der Waals surface area contributed by atoms with Gasteiger partial charge in [0, 0.05) is 19.3 Å². The fraction of sp³-hybridized carbons (Fsp3) is 0.278. The Labute approximate surface area is 155 Å². The zero-order chi connectivity index (χ0) is 18.1. The number of carbonyl (C=O) groups is 2. The average molecular weight is 374 g/mol. The van der Waals surface area contributed by atoms with Gasteiger partial charge in [0.25, 0.3) is 5.91 Å². The lowest BCUT2D eigenvalue weighted by Crippen LogP contribution is -2.45. The van der Waals surface area contributed by atoms with Crippen LogP contribution in [0.5, 0.6) is 11.5 Å². The molecular weight excluding hydrogens is 358 g/mol. The van der Waals surface area contributed by atoms with Gasteiger partial charge in [-0.3, -0.25) is 14.6 Å². The number of halogens is 1. The van der Waals surface area contributed by atoms with Crippen molar-refractivity contribution in [3.63, 3.8) is 0 Å². The molecule has 3 heterocycles. The van der Waals surface area contributed by atoms with Crippen LogP contribution in [0.4, 0.5) is 0 Å². The summed E-state index contributed by atoms with van der Waals surface area (Å²) in [4.78, 5) is 29.4. The molecule has 8 heteroatoms. The first-order valence-electron chi connectivity index (χ1n) is 8.24. The number of aromatic nitrogens is 1. The maximum absolute atomic E-state index is 12.7. The third-order valence-corrected chi connectivity index (χ3v) is 4.54. The van der Waals surface area contributed by atoms with Crippen molar-refractivity contribution in [3.05, 3.63) is 52.8 Å². The van der Waals surface area contributed by atoms with Crippen LogP contribution in [-0.4, -0.2) is 46.7 Å². The molecule has 1 fully saturated rings. The van der Waals surface area contributed by atoms with Gasteiger partial charge in [0.05, 0.1) is 12.0 Å². The van der Waals surface area contributed by atoms with Crippen LogP contribution in [0.3, 0.4) is 0 Å². The summed E-state index contributed by atoms with van der Waals surface area (Å²) in [6.45, 7) is 1.20. The van der Waals surface area contributed by atoms with Crippen LogP contribution < -0.4 is 9.47 Å². The summed E-state index contributed by atoms with van der Waals surface area (Å²) in [7, 11) is 0. The highest BCUT2D eigenvalue weighted by molar-refractivity contribution is 6.29. The Morgan fingerprint density at radius 3 is 2.69 bits per heavy atom. The van der Waals surface area contributed by atoms with E-state index in [4.69, 9.17) is 21.1 Å². The zero-order valence-electron chi connectivity index (χ0n) is 13.9. The van der Waals surface area contributed by atoms with Gasteiger partial charge in [-0.2, -0.15) is 0 Å². The van der Waals surface area contributed by atoms with Crippen molar-refractivity contribution in [1.29, 1.82) is 0 Å². The zero-order valence-corrected chi connectivity index (χ0v) is 14.6. The lowest BCUT2D eigenvalue weighted by atomic mass is 10.1. The molecule has 0 N–H and O–H groups in total. The summed E-state index contributed by atoms with van der Waals surface area (Å²) in [5.74, 6) is 0.911. The Morgan fingerprint density at radius 2 is 1.88 bits per heavy atom. The second kappa shape index (κ2) is 6.84. The molecule has 7 nitrogen and oxygen atoms in total. The summed E-state index contributed by atoms with van der Waals surface area (Å²) in [5, 5.41) is 3.29. The normalized spacial score (nSPS) is 15.4. The molecule has 2 aliphatic heterocycles. The number of hydrogen-bond acceptors (Lipinski definition) is 5. The monoisotopic (exact) mass is 373 g/mol. The Kier molecular flexibility index (Phi) is 4.38. The lowest BCUT2D eigenvalue weighted by Gasteiger charge is -2.28. The number of ether oxygens (including phenoxy) is 2. The van der Waals surface area contributed by atoms with E-state index in [1.807, 2.05) is 6.07 Å². The third kappa shape index (κ3) is 3.17. The van der Waals surface area contributed by atoms with Crippen molar-refractivity contribution < 1.29 is 19.1 Å². The highest BCUT2D eigenvalue weighted by atomic mass is 35.5. The summed E-state index contributed by atoms with van der Waals surface area (Å²) in [6, 6.07) is 8.58. The van der Waals surface area contributed by atoms with E-state index in [2.05, 4.69) is 4.98 Å². The molecule has 1 saturated heterocycles. The summed E-state index contributed by atoms with van der Waals surface area (Å²) in [6.07, 6.45) is 2.34. The molecule has 2 amide bonds. The van der Waals surface area contributed by atoms with Gasteiger partial charge in [-0.1, -0.05) is 17.7 Å².